The Morgan fingerprint density at radius 2 is 1.79 bits per heavy atom. The lowest BCUT2D eigenvalue weighted by Crippen LogP contribution is -2.45. The third-order valence-corrected chi connectivity index (χ3v) is 6.23. The highest BCUT2D eigenvalue weighted by Gasteiger charge is 2.30. The third kappa shape index (κ3) is 3.97. The van der Waals surface area contributed by atoms with Gasteiger partial charge >= 0.3 is 0 Å². The molecule has 1 saturated heterocycles. The molecule has 0 radical (unpaired) electrons. The number of fused-ring (bicyclic) bond motifs is 1. The van der Waals surface area contributed by atoms with E-state index in [0.29, 0.717) is 0 Å². The Balaban J connectivity index is 1.31. The molecule has 3 aromatic rings. The average molecular weight is 439 g/mol. The minimum atomic E-state index is -0.0639. The molecule has 3 aliphatic rings. The van der Waals surface area contributed by atoms with Crippen molar-refractivity contribution in [3.05, 3.63) is 96.7 Å². The summed E-state index contributed by atoms with van der Waals surface area (Å²) in [5.74, 6) is 1.77. The van der Waals surface area contributed by atoms with E-state index in [4.69, 9.17) is 9.73 Å². The van der Waals surface area contributed by atoms with Gasteiger partial charge in [-0.25, -0.2) is 9.98 Å². The van der Waals surface area contributed by atoms with Crippen LogP contribution in [-0.2, 0) is 11.3 Å². The normalized spacial score (nSPS) is 20.2. The summed E-state index contributed by atoms with van der Waals surface area (Å²) >= 11 is 0. The molecule has 0 amide bonds. The van der Waals surface area contributed by atoms with E-state index >= 15 is 0 Å². The molecule has 33 heavy (non-hydrogen) atoms. The second-order valence-electron chi connectivity index (χ2n) is 8.39. The number of imidazole rings is 1. The molecule has 1 atom stereocenters. The third-order valence-electron chi connectivity index (χ3n) is 6.23. The number of nitrogens with zero attached hydrogens (tertiary/aromatic N) is 5. The summed E-state index contributed by atoms with van der Waals surface area (Å²) in [6.07, 6.45) is 9.85. The van der Waals surface area contributed by atoms with E-state index in [1.807, 2.05) is 43.0 Å². The lowest BCUT2D eigenvalue weighted by atomic mass is 10.1. The molecule has 166 valence electrons. The average Bonchev–Trinajstić information content (AvgIpc) is 3.55. The number of ether oxygens (including phenoxy) is 1. The Bertz CT molecular complexity index is 1210. The Kier molecular flexibility index (Phi) is 5.26. The Morgan fingerprint density at radius 1 is 0.970 bits per heavy atom. The van der Waals surface area contributed by atoms with Crippen LogP contribution in [0.1, 0.15) is 11.1 Å². The number of rotatable bonds is 4. The molecular weight excluding hydrogens is 412 g/mol. The van der Waals surface area contributed by atoms with Crippen molar-refractivity contribution >= 4 is 11.5 Å². The van der Waals surface area contributed by atoms with Crippen molar-refractivity contribution in [2.45, 2.75) is 12.7 Å². The second kappa shape index (κ2) is 8.69. The minimum Gasteiger partial charge on any atom is -0.379 e. The first kappa shape index (κ1) is 20.0. The van der Waals surface area contributed by atoms with Gasteiger partial charge in [0.05, 0.1) is 18.9 Å². The fourth-order valence-electron chi connectivity index (χ4n) is 4.48. The van der Waals surface area contributed by atoms with Crippen LogP contribution in [0.5, 0.6) is 0 Å². The summed E-state index contributed by atoms with van der Waals surface area (Å²) < 4.78 is 7.54. The maximum Gasteiger partial charge on any atom is 0.163 e. The summed E-state index contributed by atoms with van der Waals surface area (Å²) in [6, 6.07) is 19.0. The van der Waals surface area contributed by atoms with E-state index in [0.717, 1.165) is 61.3 Å². The summed E-state index contributed by atoms with van der Waals surface area (Å²) in [7, 11) is 0. The second-order valence-corrected chi connectivity index (χ2v) is 8.39. The first-order valence-electron chi connectivity index (χ1n) is 11.3. The highest BCUT2D eigenvalue weighted by molar-refractivity contribution is 5.97. The van der Waals surface area contributed by atoms with Gasteiger partial charge in [-0.3, -0.25) is 9.47 Å². The molecular formula is C26H26N6O. The summed E-state index contributed by atoms with van der Waals surface area (Å²) in [4.78, 5) is 14.3. The molecule has 6 rings (SSSR count). The predicted octanol–water partition coefficient (Wildman–Crippen LogP) is 3.34. The summed E-state index contributed by atoms with van der Waals surface area (Å²) in [5, 5.41) is 3.41. The maximum absolute atomic E-state index is 5.46. The van der Waals surface area contributed by atoms with Crippen molar-refractivity contribution < 1.29 is 4.74 Å². The first-order valence-corrected chi connectivity index (χ1v) is 11.3. The summed E-state index contributed by atoms with van der Waals surface area (Å²) in [5.41, 5.74) is 4.40. The van der Waals surface area contributed by atoms with Gasteiger partial charge < -0.3 is 15.0 Å². The van der Waals surface area contributed by atoms with Crippen LogP contribution in [0.4, 0.5) is 0 Å². The van der Waals surface area contributed by atoms with Crippen molar-refractivity contribution in [1.82, 2.24) is 24.7 Å². The minimum absolute atomic E-state index is 0.0639. The molecule has 1 aromatic heterocycles. The summed E-state index contributed by atoms with van der Waals surface area (Å²) in [6.45, 7) is 4.57. The molecule has 0 saturated carbocycles. The zero-order valence-corrected chi connectivity index (χ0v) is 18.3. The van der Waals surface area contributed by atoms with Gasteiger partial charge in [0.15, 0.2) is 12.0 Å². The van der Waals surface area contributed by atoms with Gasteiger partial charge in [-0.05, 0) is 5.56 Å². The van der Waals surface area contributed by atoms with E-state index in [2.05, 4.69) is 67.3 Å². The standard InChI is InChI=1S/C26H26N6O/c1-2-4-22(5-3-1)24-27-11-13-32(24)26-25-28-10-12-31(25)19-23(29-26)21-8-6-20(7-9-21)18-30-14-16-33-17-15-30/h1-13,19,25,28H,14-18H2. The van der Waals surface area contributed by atoms with Crippen molar-refractivity contribution in [2.75, 3.05) is 26.3 Å². The van der Waals surface area contributed by atoms with Crippen molar-refractivity contribution in [2.24, 2.45) is 4.99 Å². The quantitative estimate of drug-likeness (QED) is 0.677. The van der Waals surface area contributed by atoms with E-state index in [-0.39, 0.29) is 6.17 Å². The van der Waals surface area contributed by atoms with Crippen LogP contribution in [0, 0.1) is 0 Å². The fraction of sp³-hybridized carbons (Fsp3) is 0.231. The zero-order valence-electron chi connectivity index (χ0n) is 18.3. The van der Waals surface area contributed by atoms with Crippen LogP contribution in [0.25, 0.3) is 17.1 Å². The predicted molar refractivity (Wildman–Crippen MR) is 129 cm³/mol. The number of nitrogens with one attached hydrogen (secondary N) is 1. The highest BCUT2D eigenvalue weighted by atomic mass is 16.5. The number of hydrogen-bond acceptors (Lipinski definition) is 6. The molecule has 0 spiro atoms. The van der Waals surface area contributed by atoms with Gasteiger partial charge in [-0.15, -0.1) is 0 Å². The molecule has 1 N–H and O–H groups in total. The Morgan fingerprint density at radius 3 is 2.61 bits per heavy atom. The van der Waals surface area contributed by atoms with Gasteiger partial charge in [0, 0.05) is 61.8 Å². The first-order chi connectivity index (χ1) is 16.3. The van der Waals surface area contributed by atoms with Crippen molar-refractivity contribution in [3.8, 4) is 11.4 Å². The monoisotopic (exact) mass is 438 g/mol. The largest absolute Gasteiger partial charge is 0.379 e. The van der Waals surface area contributed by atoms with Gasteiger partial charge in [0.1, 0.15) is 5.82 Å². The number of benzene rings is 2. The van der Waals surface area contributed by atoms with E-state index in [1.54, 1.807) is 0 Å². The van der Waals surface area contributed by atoms with E-state index in [1.165, 1.54) is 5.56 Å². The molecule has 4 heterocycles. The van der Waals surface area contributed by atoms with E-state index in [9.17, 15) is 0 Å². The van der Waals surface area contributed by atoms with Crippen LogP contribution in [0.3, 0.4) is 0 Å². The Hall–Kier alpha value is -3.68. The molecule has 0 aliphatic carbocycles. The maximum atomic E-state index is 5.46. The van der Waals surface area contributed by atoms with Crippen LogP contribution < -0.4 is 5.32 Å². The molecule has 3 aliphatic heterocycles. The zero-order chi connectivity index (χ0) is 22.0. The topological polar surface area (TPSA) is 57.9 Å². The van der Waals surface area contributed by atoms with Crippen LogP contribution >= 0.6 is 0 Å². The van der Waals surface area contributed by atoms with Crippen LogP contribution in [0.15, 0.2) is 90.6 Å². The number of aliphatic imine (C=N–C) groups is 1. The fourth-order valence-corrected chi connectivity index (χ4v) is 4.48. The van der Waals surface area contributed by atoms with Gasteiger partial charge in [-0.2, -0.15) is 0 Å². The molecule has 2 aromatic carbocycles. The smallest absolute Gasteiger partial charge is 0.163 e. The lowest BCUT2D eigenvalue weighted by molar-refractivity contribution is 0.0342. The number of hydrogen-bond donors (Lipinski definition) is 1. The molecule has 1 unspecified atom stereocenters. The molecule has 0 bridgehead atoms. The number of aromatic nitrogens is 2. The highest BCUT2D eigenvalue weighted by Crippen LogP contribution is 2.28. The Labute approximate surface area is 193 Å². The lowest BCUT2D eigenvalue weighted by Gasteiger charge is -2.29. The molecule has 7 nitrogen and oxygen atoms in total. The van der Waals surface area contributed by atoms with Crippen molar-refractivity contribution in [1.29, 1.82) is 0 Å². The van der Waals surface area contributed by atoms with E-state index < -0.39 is 0 Å². The molecule has 7 heteroatoms. The number of morpholine rings is 1. The van der Waals surface area contributed by atoms with Crippen LogP contribution in [-0.4, -0.2) is 57.7 Å². The SMILES string of the molecule is C1=CN2C=C(c3ccc(CN4CCOCC4)cc3)N=C(n3ccnc3-c3ccccc3)C2N1. The van der Waals surface area contributed by atoms with Crippen LogP contribution in [0.2, 0.25) is 0 Å². The van der Waals surface area contributed by atoms with Crippen molar-refractivity contribution in [3.63, 3.8) is 0 Å². The van der Waals surface area contributed by atoms with Gasteiger partial charge in [-0.1, -0.05) is 54.6 Å². The molecule has 1 fully saturated rings. The van der Waals surface area contributed by atoms with Gasteiger partial charge in [0.25, 0.3) is 0 Å². The van der Waals surface area contributed by atoms with Gasteiger partial charge in [0.2, 0.25) is 0 Å².